The van der Waals surface area contributed by atoms with Gasteiger partial charge in [-0.05, 0) is 25.5 Å². The third kappa shape index (κ3) is 3.37. The number of nitrogen functional groups attached to an aromatic ring is 1. The molecule has 1 atom stereocenters. The van der Waals surface area contributed by atoms with Crippen LogP contribution in [0.2, 0.25) is 0 Å². The molecule has 0 saturated carbocycles. The van der Waals surface area contributed by atoms with Crippen LogP contribution in [0.15, 0.2) is 17.0 Å². The summed E-state index contributed by atoms with van der Waals surface area (Å²) in [5, 5.41) is 8.98. The molecule has 5 nitrogen and oxygen atoms in total. The lowest BCUT2D eigenvalue weighted by molar-refractivity contribution is 0.186. The van der Waals surface area contributed by atoms with E-state index in [0.29, 0.717) is 0 Å². The lowest BCUT2D eigenvalue weighted by atomic mass is 10.3. The number of nitrogens with one attached hydrogen (secondary N) is 1. The fraction of sp³-hybridized carbons (Fsp3) is 0.400. The second-order valence-electron chi connectivity index (χ2n) is 3.81. The van der Waals surface area contributed by atoms with Gasteiger partial charge in [0.1, 0.15) is 16.4 Å². The fourth-order valence-electron chi connectivity index (χ4n) is 1.24. The predicted molar refractivity (Wildman–Crippen MR) is 62.3 cm³/mol. The smallest absolute Gasteiger partial charge is 0.243 e. The Morgan fingerprint density at radius 2 is 2.06 bits per heavy atom. The first-order chi connectivity index (χ1) is 8.25. The topological polar surface area (TPSA) is 92.4 Å². The minimum Gasteiger partial charge on any atom is -0.394 e. The molecule has 1 aromatic rings. The molecular formula is C10H14F2N2O3S. The van der Waals surface area contributed by atoms with E-state index in [2.05, 4.69) is 4.72 Å². The van der Waals surface area contributed by atoms with Crippen molar-refractivity contribution in [3.63, 3.8) is 0 Å². The summed E-state index contributed by atoms with van der Waals surface area (Å²) in [4.78, 5) is -0.716. The van der Waals surface area contributed by atoms with E-state index in [4.69, 9.17) is 10.8 Å². The molecule has 4 N–H and O–H groups in total. The van der Waals surface area contributed by atoms with Gasteiger partial charge in [0.25, 0.3) is 0 Å². The third-order valence-corrected chi connectivity index (χ3v) is 3.71. The van der Waals surface area contributed by atoms with Crippen molar-refractivity contribution in [2.75, 3.05) is 12.3 Å². The summed E-state index contributed by atoms with van der Waals surface area (Å²) in [5.41, 5.74) is 4.23. The molecule has 0 spiro atoms. The van der Waals surface area contributed by atoms with Crippen LogP contribution in [0, 0.1) is 11.6 Å². The molecule has 0 radical (unpaired) electrons. The molecule has 0 saturated heterocycles. The van der Waals surface area contributed by atoms with Gasteiger partial charge in [-0.15, -0.1) is 0 Å². The molecule has 1 rings (SSSR count). The molecule has 0 aliphatic heterocycles. The lowest BCUT2D eigenvalue weighted by Gasteiger charge is -2.10. The van der Waals surface area contributed by atoms with Crippen molar-refractivity contribution in [3.8, 4) is 0 Å². The molecule has 0 bridgehead atoms. The van der Waals surface area contributed by atoms with Crippen LogP contribution in [0.3, 0.4) is 0 Å². The zero-order valence-corrected chi connectivity index (χ0v) is 10.5. The minimum atomic E-state index is -4.11. The Morgan fingerprint density at radius 3 is 2.61 bits per heavy atom. The molecule has 102 valence electrons. The van der Waals surface area contributed by atoms with Gasteiger partial charge in [0, 0.05) is 6.54 Å². The quantitative estimate of drug-likeness (QED) is 0.688. The number of aliphatic hydroxyl groups excluding tert-OH is 1. The summed E-state index contributed by atoms with van der Waals surface area (Å²) in [6, 6.07) is 1.58. The minimum absolute atomic E-state index is 0.0588. The Labute approximate surface area is 104 Å². The van der Waals surface area contributed by atoms with Crippen molar-refractivity contribution in [1.29, 1.82) is 0 Å². The number of sulfonamides is 1. The Hall–Kier alpha value is -1.25. The van der Waals surface area contributed by atoms with E-state index in [0.717, 1.165) is 12.1 Å². The van der Waals surface area contributed by atoms with Gasteiger partial charge >= 0.3 is 0 Å². The summed E-state index contributed by atoms with van der Waals surface area (Å²) in [6.45, 7) is 1.43. The normalized spacial score (nSPS) is 13.6. The van der Waals surface area contributed by atoms with Crippen LogP contribution < -0.4 is 10.5 Å². The monoisotopic (exact) mass is 280 g/mol. The standard InChI is InChI=1S/C10H14F2N2O3S/c1-6(15)4-5-14-18(16,17)8-3-2-7(11)10(13)9(8)12/h2-3,6,14-15H,4-5,13H2,1H3. The van der Waals surface area contributed by atoms with Crippen molar-refractivity contribution < 1.29 is 22.3 Å². The van der Waals surface area contributed by atoms with Gasteiger partial charge in [-0.1, -0.05) is 0 Å². The van der Waals surface area contributed by atoms with Crippen molar-refractivity contribution in [1.82, 2.24) is 4.72 Å². The third-order valence-electron chi connectivity index (χ3n) is 2.23. The van der Waals surface area contributed by atoms with Crippen LogP contribution in [0.5, 0.6) is 0 Å². The van der Waals surface area contributed by atoms with E-state index in [1.165, 1.54) is 6.92 Å². The van der Waals surface area contributed by atoms with E-state index in [1.54, 1.807) is 0 Å². The second-order valence-corrected chi connectivity index (χ2v) is 5.54. The Balaban J connectivity index is 2.96. The lowest BCUT2D eigenvalue weighted by Crippen LogP contribution is -2.27. The summed E-state index contributed by atoms with van der Waals surface area (Å²) in [7, 11) is -4.11. The fourth-order valence-corrected chi connectivity index (χ4v) is 2.37. The summed E-state index contributed by atoms with van der Waals surface area (Å²) in [5.74, 6) is -2.34. The van der Waals surface area contributed by atoms with Gasteiger partial charge in [0.2, 0.25) is 10.0 Å². The first-order valence-electron chi connectivity index (χ1n) is 5.17. The van der Waals surface area contributed by atoms with E-state index < -0.39 is 38.3 Å². The SMILES string of the molecule is CC(O)CCNS(=O)(=O)c1ccc(F)c(N)c1F. The van der Waals surface area contributed by atoms with Crippen LogP contribution in [-0.2, 0) is 10.0 Å². The average Bonchev–Trinajstić information content (AvgIpc) is 2.24. The molecule has 0 aliphatic rings. The van der Waals surface area contributed by atoms with Crippen LogP contribution in [0.25, 0.3) is 0 Å². The molecule has 0 aromatic heterocycles. The Morgan fingerprint density at radius 1 is 1.44 bits per heavy atom. The Kier molecular flexibility index (Phi) is 4.60. The van der Waals surface area contributed by atoms with Gasteiger partial charge in [-0.3, -0.25) is 0 Å². The van der Waals surface area contributed by atoms with Gasteiger partial charge < -0.3 is 10.8 Å². The molecule has 0 heterocycles. The molecule has 0 aliphatic carbocycles. The number of anilines is 1. The highest BCUT2D eigenvalue weighted by Gasteiger charge is 2.22. The number of benzene rings is 1. The van der Waals surface area contributed by atoms with Crippen LogP contribution in [0.4, 0.5) is 14.5 Å². The first-order valence-corrected chi connectivity index (χ1v) is 6.65. The maximum atomic E-state index is 13.5. The summed E-state index contributed by atoms with van der Waals surface area (Å²) >= 11 is 0. The van der Waals surface area contributed by atoms with E-state index >= 15 is 0 Å². The number of rotatable bonds is 5. The first kappa shape index (κ1) is 14.8. The molecule has 0 amide bonds. The number of nitrogens with two attached hydrogens (primary N) is 1. The molecule has 8 heteroatoms. The largest absolute Gasteiger partial charge is 0.394 e. The maximum absolute atomic E-state index is 13.5. The maximum Gasteiger partial charge on any atom is 0.243 e. The molecule has 1 aromatic carbocycles. The van der Waals surface area contributed by atoms with Crippen LogP contribution in [-0.4, -0.2) is 26.2 Å². The van der Waals surface area contributed by atoms with Gasteiger partial charge in [0.15, 0.2) is 5.82 Å². The molecule has 0 fully saturated rings. The summed E-state index contributed by atoms with van der Waals surface area (Å²) in [6.07, 6.45) is -0.506. The van der Waals surface area contributed by atoms with Gasteiger partial charge in [0.05, 0.1) is 6.10 Å². The van der Waals surface area contributed by atoms with Crippen LogP contribution in [0.1, 0.15) is 13.3 Å². The number of halogens is 2. The number of aliphatic hydroxyl groups is 1. The zero-order chi connectivity index (χ0) is 13.9. The molecule has 1 unspecified atom stereocenters. The predicted octanol–water partition coefficient (Wildman–Crippen LogP) is 0.596. The van der Waals surface area contributed by atoms with E-state index in [-0.39, 0.29) is 13.0 Å². The highest BCUT2D eigenvalue weighted by atomic mass is 32.2. The van der Waals surface area contributed by atoms with Crippen molar-refractivity contribution in [2.24, 2.45) is 0 Å². The molecule has 18 heavy (non-hydrogen) atoms. The van der Waals surface area contributed by atoms with E-state index in [9.17, 15) is 17.2 Å². The number of hydrogen-bond donors (Lipinski definition) is 3. The summed E-state index contributed by atoms with van der Waals surface area (Å²) < 4.78 is 51.9. The highest BCUT2D eigenvalue weighted by Crippen LogP contribution is 2.22. The number of hydrogen-bond acceptors (Lipinski definition) is 4. The Bertz CT molecular complexity index is 532. The van der Waals surface area contributed by atoms with Gasteiger partial charge in [-0.2, -0.15) is 0 Å². The highest BCUT2D eigenvalue weighted by molar-refractivity contribution is 7.89. The van der Waals surface area contributed by atoms with Crippen molar-refractivity contribution in [3.05, 3.63) is 23.8 Å². The van der Waals surface area contributed by atoms with Crippen LogP contribution >= 0.6 is 0 Å². The van der Waals surface area contributed by atoms with Crippen molar-refractivity contribution >= 4 is 15.7 Å². The zero-order valence-electron chi connectivity index (χ0n) is 9.65. The second kappa shape index (κ2) is 5.59. The molecular weight excluding hydrogens is 266 g/mol. The van der Waals surface area contributed by atoms with Crippen molar-refractivity contribution in [2.45, 2.75) is 24.3 Å². The van der Waals surface area contributed by atoms with E-state index in [1.807, 2.05) is 0 Å². The van der Waals surface area contributed by atoms with Gasteiger partial charge in [-0.25, -0.2) is 21.9 Å². The average molecular weight is 280 g/mol.